The Morgan fingerprint density at radius 2 is 2.08 bits per heavy atom. The van der Waals surface area contributed by atoms with Gasteiger partial charge in [-0.15, -0.1) is 6.58 Å². The lowest BCUT2D eigenvalue weighted by atomic mass is 10.00. The van der Waals surface area contributed by atoms with Crippen LogP contribution in [0, 0.1) is 13.8 Å². The molecule has 3 aromatic rings. The summed E-state index contributed by atoms with van der Waals surface area (Å²) in [5, 5.41) is 1.30. The Balaban J connectivity index is 1.85. The molecule has 0 spiro atoms. The van der Waals surface area contributed by atoms with Crippen molar-refractivity contribution in [2.24, 2.45) is 0 Å². The first-order chi connectivity index (χ1) is 12.1. The van der Waals surface area contributed by atoms with E-state index in [-0.39, 0.29) is 0 Å². The molecule has 0 unspecified atom stereocenters. The number of hydrogen-bond acceptors (Lipinski definition) is 2. The summed E-state index contributed by atoms with van der Waals surface area (Å²) in [6.07, 6.45) is 4.96. The van der Waals surface area contributed by atoms with E-state index in [4.69, 9.17) is 4.98 Å². The van der Waals surface area contributed by atoms with Crippen molar-refractivity contribution in [2.75, 3.05) is 11.4 Å². The quantitative estimate of drug-likeness (QED) is 0.570. The summed E-state index contributed by atoms with van der Waals surface area (Å²) in [4.78, 5) is 7.19. The maximum absolute atomic E-state index is 4.78. The Kier molecular flexibility index (Phi) is 4.16. The van der Waals surface area contributed by atoms with Crippen molar-refractivity contribution in [1.82, 2.24) is 9.55 Å². The molecule has 0 N–H and O–H groups in total. The number of benzene rings is 1. The first kappa shape index (κ1) is 16.4. The fourth-order valence-electron chi connectivity index (χ4n) is 3.87. The molecule has 1 aromatic carbocycles. The minimum Gasteiger partial charge on any atom is -0.350 e. The van der Waals surface area contributed by atoms with Gasteiger partial charge in [0.25, 0.3) is 0 Å². The van der Waals surface area contributed by atoms with E-state index in [1.54, 1.807) is 0 Å². The summed E-state index contributed by atoms with van der Waals surface area (Å²) in [6.45, 7) is 11.0. The zero-order valence-electron chi connectivity index (χ0n) is 14.7. The second-order valence-corrected chi connectivity index (χ2v) is 7.64. The van der Waals surface area contributed by atoms with Gasteiger partial charge in [0.15, 0.2) is 5.82 Å². The number of aryl methyl sites for hydroxylation is 1. The predicted octanol–water partition coefficient (Wildman–Crippen LogP) is 5.16. The monoisotopic (exact) mass is 395 g/mol. The van der Waals surface area contributed by atoms with E-state index >= 15 is 0 Å². The van der Waals surface area contributed by atoms with Crippen LogP contribution < -0.4 is 4.90 Å². The van der Waals surface area contributed by atoms with Crippen molar-refractivity contribution < 1.29 is 0 Å². The third kappa shape index (κ3) is 2.69. The largest absolute Gasteiger partial charge is 0.350 e. The van der Waals surface area contributed by atoms with Crippen molar-refractivity contribution in [3.05, 3.63) is 70.0 Å². The highest BCUT2D eigenvalue weighted by atomic mass is 79.9. The SMILES string of the molecule is C=CCn1c(C)c(C)c2ccnc(N3CCc4ccc(Br)cc4C3)c21. The van der Waals surface area contributed by atoms with Crippen LogP contribution in [0.4, 0.5) is 5.82 Å². The highest BCUT2D eigenvalue weighted by molar-refractivity contribution is 9.10. The molecule has 4 heteroatoms. The summed E-state index contributed by atoms with van der Waals surface area (Å²) in [5.41, 5.74) is 6.69. The highest BCUT2D eigenvalue weighted by Gasteiger charge is 2.22. The fourth-order valence-corrected chi connectivity index (χ4v) is 4.28. The van der Waals surface area contributed by atoms with Gasteiger partial charge in [0, 0.05) is 41.4 Å². The predicted molar refractivity (Wildman–Crippen MR) is 108 cm³/mol. The van der Waals surface area contributed by atoms with Crippen LogP contribution in [0.2, 0.25) is 0 Å². The van der Waals surface area contributed by atoms with Gasteiger partial charge in [-0.1, -0.05) is 28.1 Å². The standard InChI is InChI=1S/C21H22BrN3/c1-4-10-25-15(3)14(2)19-7-9-23-21(20(19)25)24-11-8-16-5-6-18(22)12-17(16)13-24/h4-7,9,12H,1,8,10-11,13H2,2-3H3. The first-order valence-corrected chi connectivity index (χ1v) is 9.47. The molecular weight excluding hydrogens is 374 g/mol. The number of hydrogen-bond donors (Lipinski definition) is 0. The van der Waals surface area contributed by atoms with Crippen molar-refractivity contribution in [2.45, 2.75) is 33.4 Å². The molecule has 0 amide bonds. The lowest BCUT2D eigenvalue weighted by Crippen LogP contribution is -2.31. The van der Waals surface area contributed by atoms with Crippen LogP contribution in [-0.4, -0.2) is 16.1 Å². The average Bonchev–Trinajstić information content (AvgIpc) is 2.86. The average molecular weight is 396 g/mol. The van der Waals surface area contributed by atoms with E-state index in [9.17, 15) is 0 Å². The van der Waals surface area contributed by atoms with Crippen molar-refractivity contribution in [3.63, 3.8) is 0 Å². The normalized spacial score (nSPS) is 14.0. The lowest BCUT2D eigenvalue weighted by molar-refractivity contribution is 0.718. The van der Waals surface area contributed by atoms with E-state index < -0.39 is 0 Å². The van der Waals surface area contributed by atoms with Gasteiger partial charge >= 0.3 is 0 Å². The van der Waals surface area contributed by atoms with Gasteiger partial charge in [-0.3, -0.25) is 0 Å². The molecule has 0 saturated carbocycles. The summed E-state index contributed by atoms with van der Waals surface area (Å²) in [6, 6.07) is 8.74. The van der Waals surface area contributed by atoms with Gasteiger partial charge in [0.1, 0.15) is 0 Å². The molecule has 128 valence electrons. The van der Waals surface area contributed by atoms with Gasteiger partial charge in [-0.2, -0.15) is 0 Å². The molecule has 0 bridgehead atoms. The Morgan fingerprint density at radius 1 is 1.24 bits per heavy atom. The van der Waals surface area contributed by atoms with Crippen LogP contribution in [0.15, 0.2) is 47.6 Å². The number of anilines is 1. The maximum Gasteiger partial charge on any atom is 0.153 e. The fraction of sp³-hybridized carbons (Fsp3) is 0.286. The zero-order valence-corrected chi connectivity index (χ0v) is 16.3. The maximum atomic E-state index is 4.78. The number of aromatic nitrogens is 2. The second-order valence-electron chi connectivity index (χ2n) is 6.73. The van der Waals surface area contributed by atoms with Gasteiger partial charge in [0.05, 0.1) is 5.52 Å². The number of pyridine rings is 1. The van der Waals surface area contributed by atoms with Crippen LogP contribution in [-0.2, 0) is 19.5 Å². The topological polar surface area (TPSA) is 21.1 Å². The lowest BCUT2D eigenvalue weighted by Gasteiger charge is -2.30. The molecule has 2 aromatic heterocycles. The van der Waals surface area contributed by atoms with E-state index in [1.807, 2.05) is 12.3 Å². The van der Waals surface area contributed by atoms with Crippen molar-refractivity contribution in [3.8, 4) is 0 Å². The first-order valence-electron chi connectivity index (χ1n) is 8.67. The number of fused-ring (bicyclic) bond motifs is 2. The van der Waals surface area contributed by atoms with Gasteiger partial charge in [-0.25, -0.2) is 4.98 Å². The molecule has 3 heterocycles. The molecule has 0 aliphatic carbocycles. The van der Waals surface area contributed by atoms with Crippen LogP contribution in [0.25, 0.3) is 10.9 Å². The summed E-state index contributed by atoms with van der Waals surface area (Å²) < 4.78 is 3.48. The smallest absolute Gasteiger partial charge is 0.153 e. The molecule has 0 saturated heterocycles. The molecule has 0 atom stereocenters. The van der Waals surface area contributed by atoms with Crippen LogP contribution in [0.1, 0.15) is 22.4 Å². The van der Waals surface area contributed by atoms with E-state index in [1.165, 1.54) is 33.3 Å². The molecule has 1 aliphatic rings. The van der Waals surface area contributed by atoms with Gasteiger partial charge in [-0.05, 0) is 55.2 Å². The van der Waals surface area contributed by atoms with Gasteiger partial charge in [0.2, 0.25) is 0 Å². The molecule has 25 heavy (non-hydrogen) atoms. The highest BCUT2D eigenvalue weighted by Crippen LogP contribution is 2.34. The number of rotatable bonds is 3. The Labute approximate surface area is 157 Å². The van der Waals surface area contributed by atoms with E-state index in [0.717, 1.165) is 36.3 Å². The zero-order chi connectivity index (χ0) is 17.6. The molecule has 0 radical (unpaired) electrons. The minimum absolute atomic E-state index is 0.810. The summed E-state index contributed by atoms with van der Waals surface area (Å²) in [5.74, 6) is 1.08. The molecule has 3 nitrogen and oxygen atoms in total. The number of halogens is 1. The molecule has 0 fully saturated rings. The minimum atomic E-state index is 0.810. The molecule has 1 aliphatic heterocycles. The molecular formula is C21H22BrN3. The summed E-state index contributed by atoms with van der Waals surface area (Å²) >= 11 is 3.60. The van der Waals surface area contributed by atoms with Crippen molar-refractivity contribution in [1.29, 1.82) is 0 Å². The third-order valence-corrected chi connectivity index (χ3v) is 5.81. The Bertz CT molecular complexity index is 971. The van der Waals surface area contributed by atoms with Crippen LogP contribution in [0.5, 0.6) is 0 Å². The number of nitrogens with zero attached hydrogens (tertiary/aromatic N) is 3. The third-order valence-electron chi connectivity index (χ3n) is 5.32. The summed E-state index contributed by atoms with van der Waals surface area (Å²) in [7, 11) is 0. The molecule has 4 rings (SSSR count). The Hall–Kier alpha value is -2.07. The number of allylic oxidation sites excluding steroid dienone is 1. The second kappa shape index (κ2) is 6.34. The van der Waals surface area contributed by atoms with Crippen LogP contribution >= 0.6 is 15.9 Å². The van der Waals surface area contributed by atoms with Crippen LogP contribution in [0.3, 0.4) is 0 Å². The van der Waals surface area contributed by atoms with Gasteiger partial charge < -0.3 is 9.47 Å². The van der Waals surface area contributed by atoms with Crippen molar-refractivity contribution >= 4 is 32.7 Å². The van der Waals surface area contributed by atoms with E-state index in [2.05, 4.69) is 70.1 Å². The Morgan fingerprint density at radius 3 is 2.88 bits per heavy atom. The van der Waals surface area contributed by atoms with E-state index in [0.29, 0.717) is 0 Å².